The van der Waals surface area contributed by atoms with E-state index in [9.17, 15) is 9.90 Å². The van der Waals surface area contributed by atoms with Crippen molar-refractivity contribution in [2.45, 2.75) is 32.1 Å². The molecular weight excluding hydrogens is 312 g/mol. The van der Waals surface area contributed by atoms with Crippen molar-refractivity contribution in [1.82, 2.24) is 25.6 Å². The Kier molecular flexibility index (Phi) is 6.62. The van der Waals surface area contributed by atoms with Crippen LogP contribution in [0.1, 0.15) is 37.1 Å². The Labute approximate surface area is 139 Å². The van der Waals surface area contributed by atoms with Crippen LogP contribution in [0.25, 0.3) is 0 Å². The van der Waals surface area contributed by atoms with Crippen LogP contribution in [-0.4, -0.2) is 49.8 Å². The zero-order valence-electron chi connectivity index (χ0n) is 13.6. The van der Waals surface area contributed by atoms with Gasteiger partial charge in [0.1, 0.15) is 6.61 Å². The second-order valence-corrected chi connectivity index (χ2v) is 5.46. The first-order valence-corrected chi connectivity index (χ1v) is 7.89. The summed E-state index contributed by atoms with van der Waals surface area (Å²) in [6.07, 6.45) is 3.43. The lowest BCUT2D eigenvalue weighted by Gasteiger charge is -2.20. The number of nitrogens with zero attached hydrogens (tertiary/aromatic N) is 4. The van der Waals surface area contributed by atoms with Gasteiger partial charge in [-0.15, -0.1) is 10.2 Å². The smallest absolute Gasteiger partial charge is 0.307 e. The summed E-state index contributed by atoms with van der Waals surface area (Å²) in [6, 6.07) is 3.60. The van der Waals surface area contributed by atoms with Gasteiger partial charge in [0, 0.05) is 24.7 Å². The number of carboxylic acid groups (broad SMARTS) is 1. The minimum absolute atomic E-state index is 0.376. The monoisotopic (exact) mass is 334 g/mol. The highest BCUT2D eigenvalue weighted by Crippen LogP contribution is 2.29. The molecule has 130 valence electrons. The van der Waals surface area contributed by atoms with Gasteiger partial charge in [0.15, 0.2) is 5.82 Å². The summed E-state index contributed by atoms with van der Waals surface area (Å²) in [7, 11) is 0. The lowest BCUT2D eigenvalue weighted by molar-refractivity contribution is -0.142. The highest BCUT2D eigenvalue weighted by Gasteiger charge is 2.32. The molecule has 4 N–H and O–H groups in total. The summed E-state index contributed by atoms with van der Waals surface area (Å²) in [4.78, 5) is 15.9. The third kappa shape index (κ3) is 4.72. The van der Waals surface area contributed by atoms with Crippen LogP contribution < -0.4 is 10.5 Å². The Bertz CT molecular complexity index is 617. The number of aromatic nitrogens is 5. The summed E-state index contributed by atoms with van der Waals surface area (Å²) < 4.78 is 5.34. The predicted molar refractivity (Wildman–Crippen MR) is 85.4 cm³/mol. The van der Waals surface area contributed by atoms with Crippen molar-refractivity contribution in [3.05, 3.63) is 29.7 Å². The summed E-state index contributed by atoms with van der Waals surface area (Å²) in [5.74, 6) is -0.926. The van der Waals surface area contributed by atoms with Gasteiger partial charge in [-0.3, -0.25) is 4.79 Å². The first-order chi connectivity index (χ1) is 11.7. The Morgan fingerprint density at radius 3 is 2.83 bits per heavy atom. The van der Waals surface area contributed by atoms with E-state index in [1.165, 1.54) is 0 Å². The molecular formula is C15H22N6O3. The predicted octanol–water partition coefficient (Wildman–Crippen LogP) is 0.759. The van der Waals surface area contributed by atoms with Gasteiger partial charge in [-0.1, -0.05) is 24.6 Å². The summed E-state index contributed by atoms with van der Waals surface area (Å²) in [6.45, 7) is 2.77. The molecule has 0 aliphatic rings. The van der Waals surface area contributed by atoms with E-state index in [2.05, 4.69) is 25.6 Å². The molecule has 0 spiro atoms. The highest BCUT2D eigenvalue weighted by molar-refractivity contribution is 5.71. The zero-order chi connectivity index (χ0) is 17.4. The number of aromatic amines is 1. The van der Waals surface area contributed by atoms with E-state index >= 15 is 0 Å². The number of tetrazole rings is 1. The first kappa shape index (κ1) is 17.8. The number of nitrogens with two attached hydrogens (primary N) is 1. The van der Waals surface area contributed by atoms with E-state index < -0.39 is 11.9 Å². The van der Waals surface area contributed by atoms with Gasteiger partial charge in [-0.05, 0) is 18.4 Å². The molecule has 0 radical (unpaired) electrons. The topological polar surface area (TPSA) is 140 Å². The maximum Gasteiger partial charge on any atom is 0.307 e. The molecule has 0 amide bonds. The van der Waals surface area contributed by atoms with Gasteiger partial charge >= 0.3 is 5.97 Å². The summed E-state index contributed by atoms with van der Waals surface area (Å²) in [5.41, 5.74) is 6.27. The zero-order valence-corrected chi connectivity index (χ0v) is 13.6. The van der Waals surface area contributed by atoms with Gasteiger partial charge in [-0.2, -0.15) is 5.21 Å². The number of rotatable bonds is 10. The second kappa shape index (κ2) is 8.92. The van der Waals surface area contributed by atoms with Crippen molar-refractivity contribution in [3.8, 4) is 5.88 Å². The molecule has 9 heteroatoms. The number of ether oxygens (including phenoxy) is 1. The van der Waals surface area contributed by atoms with Crippen molar-refractivity contribution in [2.24, 2.45) is 11.7 Å². The molecule has 0 saturated heterocycles. The van der Waals surface area contributed by atoms with Crippen molar-refractivity contribution in [1.29, 1.82) is 0 Å². The Balaban J connectivity index is 2.17. The van der Waals surface area contributed by atoms with Crippen molar-refractivity contribution in [2.75, 3.05) is 13.2 Å². The van der Waals surface area contributed by atoms with E-state index in [1.807, 2.05) is 13.0 Å². The third-order valence-corrected chi connectivity index (χ3v) is 3.72. The normalized spacial score (nSPS) is 13.4. The van der Waals surface area contributed by atoms with Crippen LogP contribution in [0.3, 0.4) is 0 Å². The largest absolute Gasteiger partial charge is 0.481 e. The Hall–Kier alpha value is -2.55. The molecule has 0 saturated carbocycles. The van der Waals surface area contributed by atoms with E-state index in [0.29, 0.717) is 37.7 Å². The number of hydrogen-bond donors (Lipinski definition) is 3. The minimum Gasteiger partial charge on any atom is -0.481 e. The summed E-state index contributed by atoms with van der Waals surface area (Å²) >= 11 is 0. The number of carboxylic acids is 1. The van der Waals surface area contributed by atoms with Gasteiger partial charge in [0.25, 0.3) is 0 Å². The summed E-state index contributed by atoms with van der Waals surface area (Å²) in [5, 5.41) is 23.5. The molecule has 2 aromatic heterocycles. The van der Waals surface area contributed by atoms with Crippen LogP contribution in [0.15, 0.2) is 18.3 Å². The SMILES string of the molecule is CCC[C@H](C(=O)O)C(Cc1ccc(OCCN)nc1)c1nn[nH]n1. The van der Waals surface area contributed by atoms with E-state index in [4.69, 9.17) is 10.5 Å². The maximum absolute atomic E-state index is 11.7. The molecule has 0 fully saturated rings. The lowest BCUT2D eigenvalue weighted by Crippen LogP contribution is -2.25. The molecule has 24 heavy (non-hydrogen) atoms. The molecule has 9 nitrogen and oxygen atoms in total. The van der Waals surface area contributed by atoms with Crippen LogP contribution in [0.4, 0.5) is 0 Å². The fraction of sp³-hybridized carbons (Fsp3) is 0.533. The fourth-order valence-corrected chi connectivity index (χ4v) is 2.58. The van der Waals surface area contributed by atoms with Crippen LogP contribution in [-0.2, 0) is 11.2 Å². The molecule has 2 atom stereocenters. The van der Waals surface area contributed by atoms with Crippen molar-refractivity contribution < 1.29 is 14.6 Å². The van der Waals surface area contributed by atoms with Crippen LogP contribution in [0.2, 0.25) is 0 Å². The van der Waals surface area contributed by atoms with Crippen LogP contribution in [0, 0.1) is 5.92 Å². The number of nitrogens with one attached hydrogen (secondary N) is 1. The Morgan fingerprint density at radius 2 is 2.29 bits per heavy atom. The van der Waals surface area contributed by atoms with Crippen molar-refractivity contribution in [3.63, 3.8) is 0 Å². The first-order valence-electron chi connectivity index (χ1n) is 7.89. The highest BCUT2D eigenvalue weighted by atomic mass is 16.5. The molecule has 0 bridgehead atoms. The van der Waals surface area contributed by atoms with Gasteiger partial charge in [0.2, 0.25) is 5.88 Å². The standard InChI is InChI=1S/C15H22N6O3/c1-2-3-11(15(22)23)12(14-18-20-21-19-14)8-10-4-5-13(17-9-10)24-7-6-16/h4-5,9,11-12H,2-3,6-8,16H2,1H3,(H,22,23)(H,18,19,20,21)/t11-,12?/m0/s1. The Morgan fingerprint density at radius 1 is 1.46 bits per heavy atom. The molecule has 0 aromatic carbocycles. The average Bonchev–Trinajstić information content (AvgIpc) is 3.11. The second-order valence-electron chi connectivity index (χ2n) is 5.46. The third-order valence-electron chi connectivity index (χ3n) is 3.72. The average molecular weight is 334 g/mol. The number of hydrogen-bond acceptors (Lipinski definition) is 7. The number of H-pyrrole nitrogens is 1. The molecule has 0 aliphatic heterocycles. The molecule has 2 rings (SSSR count). The van der Waals surface area contributed by atoms with Gasteiger partial charge < -0.3 is 15.6 Å². The number of aliphatic carboxylic acids is 1. The molecule has 1 unspecified atom stereocenters. The quantitative estimate of drug-likeness (QED) is 0.578. The lowest BCUT2D eigenvalue weighted by atomic mass is 9.83. The maximum atomic E-state index is 11.7. The molecule has 2 aromatic rings. The van der Waals surface area contributed by atoms with Crippen LogP contribution >= 0.6 is 0 Å². The fourth-order valence-electron chi connectivity index (χ4n) is 2.58. The number of pyridine rings is 1. The van der Waals surface area contributed by atoms with Gasteiger partial charge in [0.05, 0.1) is 5.92 Å². The van der Waals surface area contributed by atoms with Gasteiger partial charge in [-0.25, -0.2) is 4.98 Å². The number of carbonyl (C=O) groups is 1. The van der Waals surface area contributed by atoms with Crippen LogP contribution in [0.5, 0.6) is 5.88 Å². The molecule has 2 heterocycles. The van der Waals surface area contributed by atoms with E-state index in [1.54, 1.807) is 12.3 Å². The van der Waals surface area contributed by atoms with E-state index in [0.717, 1.165) is 12.0 Å². The van der Waals surface area contributed by atoms with E-state index in [-0.39, 0.29) is 5.92 Å². The minimum atomic E-state index is -0.859. The molecule has 0 aliphatic carbocycles. The van der Waals surface area contributed by atoms with Crippen molar-refractivity contribution >= 4 is 5.97 Å².